The van der Waals surface area contributed by atoms with Crippen LogP contribution >= 0.6 is 0 Å². The topological polar surface area (TPSA) is 89.1 Å². The molecule has 160 valence electrons. The van der Waals surface area contributed by atoms with E-state index in [-0.39, 0.29) is 17.4 Å². The summed E-state index contributed by atoms with van der Waals surface area (Å²) in [6.45, 7) is 3.66. The number of methoxy groups -OCH3 is 1. The first kappa shape index (κ1) is 20.6. The summed E-state index contributed by atoms with van der Waals surface area (Å²) >= 11 is 0. The average molecular weight is 421 g/mol. The van der Waals surface area contributed by atoms with Crippen molar-refractivity contribution in [2.75, 3.05) is 33.3 Å². The van der Waals surface area contributed by atoms with E-state index in [1.54, 1.807) is 36.3 Å². The predicted molar refractivity (Wildman–Crippen MR) is 115 cm³/mol. The monoisotopic (exact) mass is 421 g/mol. The van der Waals surface area contributed by atoms with Crippen molar-refractivity contribution < 1.29 is 18.9 Å². The summed E-state index contributed by atoms with van der Waals surface area (Å²) in [6, 6.07) is 17.5. The molecule has 0 saturated carbocycles. The van der Waals surface area contributed by atoms with Crippen LogP contribution in [0.2, 0.25) is 0 Å². The number of furan rings is 1. The van der Waals surface area contributed by atoms with Crippen molar-refractivity contribution in [3.8, 4) is 17.1 Å². The molecule has 2 aromatic carbocycles. The molecule has 0 bridgehead atoms. The molecule has 1 fully saturated rings. The van der Waals surface area contributed by atoms with Gasteiger partial charge in [-0.15, -0.1) is 0 Å². The number of hydrogen-bond donors (Lipinski definition) is 0. The van der Waals surface area contributed by atoms with Gasteiger partial charge in [-0.25, -0.2) is 0 Å². The highest BCUT2D eigenvalue weighted by molar-refractivity contribution is 5.92. The van der Waals surface area contributed by atoms with E-state index in [1.807, 2.05) is 12.1 Å². The summed E-state index contributed by atoms with van der Waals surface area (Å²) < 4.78 is 10.9. The Bertz CT molecular complexity index is 1050. The molecule has 0 atom stereocenters. The fraction of sp³-hybridized carbons (Fsp3) is 0.261. The third kappa shape index (κ3) is 4.75. The summed E-state index contributed by atoms with van der Waals surface area (Å²) in [5.41, 5.74) is 1.91. The van der Waals surface area contributed by atoms with E-state index in [0.717, 1.165) is 25.4 Å². The van der Waals surface area contributed by atoms with Gasteiger partial charge in [0.05, 0.1) is 12.0 Å². The fourth-order valence-electron chi connectivity index (χ4n) is 3.61. The SMILES string of the molecule is COc1ccc(CN2CCN(C(=O)c3ccc(-c4ccc([N+](=O)[O-])cc4)o3)CC2)cc1. The minimum Gasteiger partial charge on any atom is -0.497 e. The van der Waals surface area contributed by atoms with Gasteiger partial charge in [0.25, 0.3) is 11.6 Å². The lowest BCUT2D eigenvalue weighted by molar-refractivity contribution is -0.384. The second-order valence-electron chi connectivity index (χ2n) is 7.38. The normalized spacial score (nSPS) is 14.4. The number of nitro groups is 1. The maximum atomic E-state index is 12.8. The lowest BCUT2D eigenvalue weighted by atomic mass is 10.1. The van der Waals surface area contributed by atoms with Gasteiger partial charge in [0.1, 0.15) is 11.5 Å². The zero-order chi connectivity index (χ0) is 21.8. The summed E-state index contributed by atoms with van der Waals surface area (Å²) in [4.78, 5) is 27.3. The molecule has 2 heterocycles. The van der Waals surface area contributed by atoms with Gasteiger partial charge in [0, 0.05) is 50.4 Å². The van der Waals surface area contributed by atoms with E-state index in [2.05, 4.69) is 17.0 Å². The Hall–Kier alpha value is -3.65. The minimum atomic E-state index is -0.449. The van der Waals surface area contributed by atoms with Crippen LogP contribution < -0.4 is 4.74 Å². The number of nitro benzene ring substituents is 1. The summed E-state index contributed by atoms with van der Waals surface area (Å²) in [5, 5.41) is 10.8. The molecule has 31 heavy (non-hydrogen) atoms. The molecule has 4 rings (SSSR count). The van der Waals surface area contributed by atoms with Gasteiger partial charge < -0.3 is 14.1 Å². The maximum absolute atomic E-state index is 12.8. The number of non-ortho nitro benzene ring substituents is 1. The second-order valence-corrected chi connectivity index (χ2v) is 7.38. The Kier molecular flexibility index (Phi) is 5.99. The van der Waals surface area contributed by atoms with Gasteiger partial charge >= 0.3 is 0 Å². The standard InChI is InChI=1S/C23H23N3O5/c1-30-20-8-2-17(3-9-20)16-24-12-14-25(15-13-24)23(27)22-11-10-21(31-22)18-4-6-19(7-5-18)26(28)29/h2-11H,12-16H2,1H3. The highest BCUT2D eigenvalue weighted by atomic mass is 16.6. The molecule has 0 radical (unpaired) electrons. The molecular formula is C23H23N3O5. The van der Waals surface area contributed by atoms with Gasteiger partial charge in [-0.1, -0.05) is 12.1 Å². The van der Waals surface area contributed by atoms with Crippen LogP contribution in [-0.4, -0.2) is 53.9 Å². The predicted octanol–water partition coefficient (Wildman–Crippen LogP) is 3.82. The third-order valence-electron chi connectivity index (χ3n) is 5.40. The molecule has 1 aliphatic rings. The van der Waals surface area contributed by atoms with Crippen LogP contribution in [0.4, 0.5) is 5.69 Å². The first-order valence-corrected chi connectivity index (χ1v) is 10.0. The molecular weight excluding hydrogens is 398 g/mol. The van der Waals surface area contributed by atoms with Crippen molar-refractivity contribution in [2.45, 2.75) is 6.54 Å². The van der Waals surface area contributed by atoms with Gasteiger partial charge in [-0.2, -0.15) is 0 Å². The van der Waals surface area contributed by atoms with Crippen LogP contribution in [0.5, 0.6) is 5.75 Å². The summed E-state index contributed by atoms with van der Waals surface area (Å²) in [7, 11) is 1.65. The number of ether oxygens (including phenoxy) is 1. The lowest BCUT2D eigenvalue weighted by Crippen LogP contribution is -2.48. The van der Waals surface area contributed by atoms with Crippen LogP contribution in [0.15, 0.2) is 65.1 Å². The number of carbonyl (C=O) groups excluding carboxylic acids is 1. The minimum absolute atomic E-state index is 0.0131. The van der Waals surface area contributed by atoms with E-state index in [0.29, 0.717) is 24.4 Å². The van der Waals surface area contributed by atoms with Crippen LogP contribution in [-0.2, 0) is 6.54 Å². The van der Waals surface area contributed by atoms with Crippen molar-refractivity contribution in [1.82, 2.24) is 9.80 Å². The van der Waals surface area contributed by atoms with Gasteiger partial charge in [0.2, 0.25) is 0 Å². The average Bonchev–Trinajstić information content (AvgIpc) is 3.30. The zero-order valence-corrected chi connectivity index (χ0v) is 17.2. The molecule has 0 N–H and O–H groups in total. The molecule has 1 aromatic heterocycles. The molecule has 8 heteroatoms. The van der Waals surface area contributed by atoms with Crippen LogP contribution in [0.25, 0.3) is 11.3 Å². The summed E-state index contributed by atoms with van der Waals surface area (Å²) in [6.07, 6.45) is 0. The maximum Gasteiger partial charge on any atom is 0.289 e. The van der Waals surface area contributed by atoms with Crippen molar-refractivity contribution in [3.05, 3.63) is 82.1 Å². The Labute approximate surface area is 179 Å². The largest absolute Gasteiger partial charge is 0.497 e. The van der Waals surface area contributed by atoms with E-state index >= 15 is 0 Å². The molecule has 1 saturated heterocycles. The number of hydrogen-bond acceptors (Lipinski definition) is 6. The lowest BCUT2D eigenvalue weighted by Gasteiger charge is -2.34. The van der Waals surface area contributed by atoms with E-state index in [9.17, 15) is 14.9 Å². The first-order valence-electron chi connectivity index (χ1n) is 10.0. The smallest absolute Gasteiger partial charge is 0.289 e. The van der Waals surface area contributed by atoms with E-state index < -0.39 is 4.92 Å². The van der Waals surface area contributed by atoms with E-state index in [1.165, 1.54) is 17.7 Å². The Morgan fingerprint density at radius 2 is 1.68 bits per heavy atom. The molecule has 1 aliphatic heterocycles. The van der Waals surface area contributed by atoms with Gasteiger partial charge in [-0.3, -0.25) is 19.8 Å². The van der Waals surface area contributed by atoms with Crippen molar-refractivity contribution in [3.63, 3.8) is 0 Å². The Morgan fingerprint density at radius 1 is 1.00 bits per heavy atom. The van der Waals surface area contributed by atoms with Crippen molar-refractivity contribution >= 4 is 11.6 Å². The number of benzene rings is 2. The van der Waals surface area contributed by atoms with Crippen LogP contribution in [0.3, 0.4) is 0 Å². The van der Waals surface area contributed by atoms with Gasteiger partial charge in [-0.05, 0) is 42.0 Å². The fourth-order valence-corrected chi connectivity index (χ4v) is 3.61. The molecule has 0 aliphatic carbocycles. The number of carbonyl (C=O) groups is 1. The molecule has 1 amide bonds. The molecule has 3 aromatic rings. The Morgan fingerprint density at radius 3 is 2.29 bits per heavy atom. The number of rotatable bonds is 6. The highest BCUT2D eigenvalue weighted by Crippen LogP contribution is 2.25. The second kappa shape index (κ2) is 9.01. The zero-order valence-electron chi connectivity index (χ0n) is 17.2. The van der Waals surface area contributed by atoms with Gasteiger partial charge in [0.15, 0.2) is 5.76 Å². The number of piperazine rings is 1. The van der Waals surface area contributed by atoms with Crippen molar-refractivity contribution in [2.24, 2.45) is 0 Å². The number of nitrogens with zero attached hydrogens (tertiary/aromatic N) is 3. The molecule has 0 unspecified atom stereocenters. The van der Waals surface area contributed by atoms with E-state index in [4.69, 9.17) is 9.15 Å². The van der Waals surface area contributed by atoms with Crippen LogP contribution in [0.1, 0.15) is 16.1 Å². The number of amides is 1. The summed E-state index contributed by atoms with van der Waals surface area (Å²) in [5.74, 6) is 1.48. The van der Waals surface area contributed by atoms with Crippen molar-refractivity contribution in [1.29, 1.82) is 0 Å². The molecule has 0 spiro atoms. The first-order chi connectivity index (χ1) is 15.0. The molecule has 8 nitrogen and oxygen atoms in total. The third-order valence-corrected chi connectivity index (χ3v) is 5.40. The Balaban J connectivity index is 1.34. The quantitative estimate of drug-likeness (QED) is 0.444. The van der Waals surface area contributed by atoms with Crippen LogP contribution in [0, 0.1) is 10.1 Å². The highest BCUT2D eigenvalue weighted by Gasteiger charge is 2.24.